The molecule has 0 radical (unpaired) electrons. The lowest BCUT2D eigenvalue weighted by Gasteiger charge is -2.34. The molecule has 4 aromatic rings. The number of methoxy groups -OCH3 is 1. The molecule has 4 aromatic heterocycles. The number of nitrogens with one attached hydrogen (secondary N) is 1. The molecule has 2 fully saturated rings. The van der Waals surface area contributed by atoms with Crippen molar-refractivity contribution in [2.75, 3.05) is 30.8 Å². The number of fused-ring (bicyclic) bond motifs is 1. The summed E-state index contributed by atoms with van der Waals surface area (Å²) in [6, 6.07) is 5.00. The number of hydrogen-bond acceptors (Lipinski definition) is 12. The molecule has 1 atom stereocenters. The van der Waals surface area contributed by atoms with Crippen molar-refractivity contribution in [1.29, 1.82) is 0 Å². The van der Waals surface area contributed by atoms with Crippen LogP contribution in [0.2, 0.25) is 0 Å². The van der Waals surface area contributed by atoms with Crippen LogP contribution in [0.1, 0.15) is 63.6 Å². The highest BCUT2D eigenvalue weighted by molar-refractivity contribution is 7.13. The summed E-state index contributed by atoms with van der Waals surface area (Å²) in [7, 11) is 1.42. The number of hydrogen-bond donors (Lipinski definition) is 3. The molecule has 5 N–H and O–H groups in total. The number of ether oxygens (including phenoxy) is 2. The van der Waals surface area contributed by atoms with Gasteiger partial charge in [-0.1, -0.05) is 0 Å². The molecule has 44 heavy (non-hydrogen) atoms. The highest BCUT2D eigenvalue weighted by Crippen LogP contribution is 2.36. The minimum absolute atomic E-state index is 0.105. The van der Waals surface area contributed by atoms with Gasteiger partial charge in [0, 0.05) is 32.0 Å². The molecular weight excluding hydrogens is 586 g/mol. The van der Waals surface area contributed by atoms with E-state index in [1.165, 1.54) is 24.8 Å². The van der Waals surface area contributed by atoms with Gasteiger partial charge in [0.15, 0.2) is 10.7 Å². The number of rotatable bonds is 8. The molecule has 0 aromatic carbocycles. The summed E-state index contributed by atoms with van der Waals surface area (Å²) in [5.74, 6) is 0.0860. The molecule has 5 heterocycles. The summed E-state index contributed by atoms with van der Waals surface area (Å²) in [6.07, 6.45) is 5.09. The number of nitrogen functional groups attached to an aromatic ring is 1. The number of Topliss-reactive ketones (excluding diaryl/α,β-unsaturated/α-hetero) is 1. The summed E-state index contributed by atoms with van der Waals surface area (Å²) in [6.45, 7) is 3.09. The second kappa shape index (κ2) is 12.1. The smallest absolute Gasteiger partial charge is 0.267 e. The number of nitrogens with zero attached hydrogens (tertiary/aromatic N) is 6. The fourth-order valence-electron chi connectivity index (χ4n) is 5.78. The van der Waals surface area contributed by atoms with E-state index in [2.05, 4.69) is 30.3 Å². The van der Waals surface area contributed by atoms with Gasteiger partial charge in [-0.3, -0.25) is 14.4 Å². The third-order valence-corrected chi connectivity index (χ3v) is 8.87. The minimum atomic E-state index is -0.646. The van der Waals surface area contributed by atoms with Crippen LogP contribution in [-0.4, -0.2) is 74.5 Å². The first-order chi connectivity index (χ1) is 21.2. The Kier molecular flexibility index (Phi) is 8.03. The van der Waals surface area contributed by atoms with Crippen LogP contribution in [0.25, 0.3) is 16.9 Å². The number of pyridine rings is 1. The van der Waals surface area contributed by atoms with Gasteiger partial charge in [0.05, 0.1) is 29.2 Å². The average molecular weight is 620 g/mol. The predicted octanol–water partition coefficient (Wildman–Crippen LogP) is 2.54. The zero-order valence-corrected chi connectivity index (χ0v) is 25.2. The zero-order chi connectivity index (χ0) is 31.0. The van der Waals surface area contributed by atoms with E-state index in [0.717, 1.165) is 30.1 Å². The van der Waals surface area contributed by atoms with E-state index in [1.807, 2.05) is 13.0 Å². The second-order valence-corrected chi connectivity index (χ2v) is 12.1. The first kappa shape index (κ1) is 29.3. The molecule has 0 bridgehead atoms. The van der Waals surface area contributed by atoms with Crippen molar-refractivity contribution >= 4 is 46.0 Å². The number of ketones is 1. The Bertz CT molecular complexity index is 1740. The molecule has 1 saturated heterocycles. The van der Waals surface area contributed by atoms with Crippen molar-refractivity contribution in [3.8, 4) is 23.1 Å². The van der Waals surface area contributed by atoms with Gasteiger partial charge in [-0.05, 0) is 50.8 Å². The van der Waals surface area contributed by atoms with Gasteiger partial charge in [0.1, 0.15) is 29.3 Å². The summed E-state index contributed by atoms with van der Waals surface area (Å²) in [5, 5.41) is 8.35. The monoisotopic (exact) mass is 619 g/mol. The summed E-state index contributed by atoms with van der Waals surface area (Å²) >= 11 is 1.30. The Morgan fingerprint density at radius 2 is 1.93 bits per heavy atom. The molecule has 1 aliphatic carbocycles. The van der Waals surface area contributed by atoms with Crippen LogP contribution < -0.4 is 31.2 Å². The van der Waals surface area contributed by atoms with Crippen LogP contribution in [0.15, 0.2) is 24.5 Å². The lowest BCUT2D eigenvalue weighted by atomic mass is 9.96. The largest absolute Gasteiger partial charge is 0.480 e. The predicted molar refractivity (Wildman–Crippen MR) is 163 cm³/mol. The fraction of sp³-hybridized carbons (Fsp3) is 0.414. The second-order valence-electron chi connectivity index (χ2n) is 10.9. The number of anilines is 2. The number of thiazole rings is 1. The maximum absolute atomic E-state index is 13.5. The van der Waals surface area contributed by atoms with Gasteiger partial charge >= 0.3 is 0 Å². The number of amides is 2. The van der Waals surface area contributed by atoms with Crippen LogP contribution >= 0.6 is 11.3 Å². The van der Waals surface area contributed by atoms with E-state index >= 15 is 0 Å². The minimum Gasteiger partial charge on any atom is -0.480 e. The van der Waals surface area contributed by atoms with Gasteiger partial charge in [-0.25, -0.2) is 19.5 Å². The highest BCUT2D eigenvalue weighted by Gasteiger charge is 2.30. The number of aryl methyl sites for hydroxylation is 1. The van der Waals surface area contributed by atoms with Crippen molar-refractivity contribution < 1.29 is 23.9 Å². The molecule has 230 valence electrons. The molecule has 2 amide bonds. The Labute approximate surface area is 256 Å². The molecule has 6 rings (SSSR count). The van der Waals surface area contributed by atoms with E-state index in [-0.39, 0.29) is 35.3 Å². The quantitative estimate of drug-likeness (QED) is 0.262. The number of primary amides is 1. The summed E-state index contributed by atoms with van der Waals surface area (Å²) in [5.41, 5.74) is 14.5. The van der Waals surface area contributed by atoms with Crippen LogP contribution in [0.3, 0.4) is 0 Å². The summed E-state index contributed by atoms with van der Waals surface area (Å²) in [4.78, 5) is 52.7. The molecule has 14 nitrogen and oxygen atoms in total. The lowest BCUT2D eigenvalue weighted by Crippen LogP contribution is -2.47. The molecule has 15 heteroatoms. The molecule has 2 aliphatic rings. The maximum Gasteiger partial charge on any atom is 0.267 e. The Morgan fingerprint density at radius 3 is 2.68 bits per heavy atom. The van der Waals surface area contributed by atoms with Crippen molar-refractivity contribution in [2.45, 2.75) is 57.6 Å². The van der Waals surface area contributed by atoms with Gasteiger partial charge in [0.2, 0.25) is 11.8 Å². The number of nitrogens with two attached hydrogens (primary N) is 2. The SMILES string of the molecule is COc1nc(-c2cc(N3CCC[C@@H](NC(=O)c4sc(C)nc4OC4CCC(=O)CC4)C3)c3c(N)ncnn23)ccc1C(N)=O. The highest BCUT2D eigenvalue weighted by atomic mass is 32.1. The van der Waals surface area contributed by atoms with Crippen LogP contribution in [0.4, 0.5) is 11.5 Å². The van der Waals surface area contributed by atoms with E-state index < -0.39 is 5.91 Å². The average Bonchev–Trinajstić information content (AvgIpc) is 3.59. The van der Waals surface area contributed by atoms with E-state index in [1.54, 1.807) is 16.6 Å². The third-order valence-electron chi connectivity index (χ3n) is 7.92. The van der Waals surface area contributed by atoms with Crippen LogP contribution in [-0.2, 0) is 4.79 Å². The van der Waals surface area contributed by atoms with E-state index in [9.17, 15) is 14.4 Å². The first-order valence-electron chi connectivity index (χ1n) is 14.4. The number of carbonyl (C=O) groups excluding carboxylic acids is 3. The van der Waals surface area contributed by atoms with E-state index in [4.69, 9.17) is 20.9 Å². The van der Waals surface area contributed by atoms with Gasteiger partial charge < -0.3 is 31.2 Å². The Balaban J connectivity index is 1.24. The number of piperidine rings is 1. The standard InChI is InChI=1S/C29H33N9O5S/c1-15-34-29(43-18-7-5-17(39)6-8-18)24(44-15)27(41)35-16-4-3-11-37(13-16)22-12-21(38-23(22)25(30)32-14-33-38)20-10-9-19(26(31)40)28(36-20)42-2/h9-10,12,14,16,18H,3-8,11,13H2,1-2H3,(H2,31,40)(H,35,41)(H2,30,32,33)/t16-/m1/s1. The lowest BCUT2D eigenvalue weighted by molar-refractivity contribution is -0.121. The van der Waals surface area contributed by atoms with Gasteiger partial charge in [0.25, 0.3) is 11.8 Å². The Hall–Kier alpha value is -4.79. The maximum atomic E-state index is 13.5. The molecule has 1 saturated carbocycles. The molecule has 1 aliphatic heterocycles. The van der Waals surface area contributed by atoms with Crippen molar-refractivity contribution in [3.05, 3.63) is 40.0 Å². The van der Waals surface area contributed by atoms with Crippen LogP contribution in [0, 0.1) is 6.92 Å². The van der Waals surface area contributed by atoms with E-state index in [0.29, 0.717) is 65.7 Å². The van der Waals surface area contributed by atoms with Crippen molar-refractivity contribution in [1.82, 2.24) is 29.9 Å². The normalized spacial score (nSPS) is 17.5. The molecule has 0 unspecified atom stereocenters. The van der Waals surface area contributed by atoms with Crippen molar-refractivity contribution in [3.63, 3.8) is 0 Å². The number of aromatic nitrogens is 5. The number of carbonyl (C=O) groups is 3. The van der Waals surface area contributed by atoms with Crippen molar-refractivity contribution in [2.24, 2.45) is 5.73 Å². The van der Waals surface area contributed by atoms with Crippen LogP contribution in [0.5, 0.6) is 11.8 Å². The molecular formula is C29H33N9O5S. The van der Waals surface area contributed by atoms with Gasteiger partial charge in [-0.15, -0.1) is 11.3 Å². The fourth-order valence-corrected chi connectivity index (χ4v) is 6.54. The Morgan fingerprint density at radius 1 is 1.14 bits per heavy atom. The zero-order valence-electron chi connectivity index (χ0n) is 24.4. The third kappa shape index (κ3) is 5.74. The first-order valence-corrected chi connectivity index (χ1v) is 15.2. The van der Waals surface area contributed by atoms with Gasteiger partial charge in [-0.2, -0.15) is 5.10 Å². The summed E-state index contributed by atoms with van der Waals surface area (Å²) < 4.78 is 13.1. The molecule has 0 spiro atoms. The topological polar surface area (TPSA) is 193 Å².